The number of nitrogens with zero attached hydrogens (tertiary/aromatic N) is 2. The van der Waals surface area contributed by atoms with Gasteiger partial charge in [0, 0.05) is 24.2 Å². The van der Waals surface area contributed by atoms with Gasteiger partial charge in [-0.1, -0.05) is 11.6 Å². The van der Waals surface area contributed by atoms with Crippen LogP contribution in [0.1, 0.15) is 18.5 Å². The Bertz CT molecular complexity index is 354. The molecule has 1 fully saturated rings. The van der Waals surface area contributed by atoms with E-state index in [0.717, 1.165) is 18.7 Å². The van der Waals surface area contributed by atoms with Gasteiger partial charge in [0.15, 0.2) is 0 Å². The van der Waals surface area contributed by atoms with Crippen LogP contribution in [0.4, 0.5) is 0 Å². The van der Waals surface area contributed by atoms with Crippen LogP contribution in [0.5, 0.6) is 0 Å². The second kappa shape index (κ2) is 3.96. The second-order valence-corrected chi connectivity index (χ2v) is 3.82. The average molecular weight is 211 g/mol. The largest absolute Gasteiger partial charge is 0.337 e. The summed E-state index contributed by atoms with van der Waals surface area (Å²) in [6.07, 6.45) is 3.29. The quantitative estimate of drug-likeness (QED) is 0.747. The van der Waals surface area contributed by atoms with Crippen LogP contribution < -0.4 is 0 Å². The number of carbonyl (C=O) groups is 1. The molecule has 0 N–H and O–H groups in total. The highest BCUT2D eigenvalue weighted by molar-refractivity contribution is 6.30. The molecular weight excluding hydrogens is 200 g/mol. The number of hydrogen-bond acceptors (Lipinski definition) is 2. The van der Waals surface area contributed by atoms with Crippen molar-refractivity contribution in [1.29, 1.82) is 0 Å². The maximum Gasteiger partial charge on any atom is 0.222 e. The highest BCUT2D eigenvalue weighted by Crippen LogP contribution is 2.15. The molecule has 0 unspecified atom stereocenters. The van der Waals surface area contributed by atoms with Crippen molar-refractivity contribution in [2.24, 2.45) is 0 Å². The maximum absolute atomic E-state index is 11.3. The van der Waals surface area contributed by atoms with Gasteiger partial charge in [0.1, 0.15) is 0 Å². The Hall–Kier alpha value is -1.09. The van der Waals surface area contributed by atoms with E-state index in [-0.39, 0.29) is 5.91 Å². The summed E-state index contributed by atoms with van der Waals surface area (Å²) in [6, 6.07) is 3.53. The number of carbonyl (C=O) groups excluding carboxylic acids is 1. The van der Waals surface area contributed by atoms with Crippen LogP contribution in [0.25, 0.3) is 0 Å². The fourth-order valence-electron chi connectivity index (χ4n) is 1.60. The summed E-state index contributed by atoms with van der Waals surface area (Å²) >= 11 is 5.82. The van der Waals surface area contributed by atoms with Crippen molar-refractivity contribution in [3.8, 4) is 0 Å². The van der Waals surface area contributed by atoms with E-state index in [9.17, 15) is 4.79 Å². The molecule has 1 aliphatic rings. The van der Waals surface area contributed by atoms with E-state index in [2.05, 4.69) is 4.98 Å². The van der Waals surface area contributed by atoms with E-state index in [4.69, 9.17) is 11.6 Å². The molecule has 0 atom stereocenters. The molecule has 4 heteroatoms. The Kier molecular flexibility index (Phi) is 2.68. The van der Waals surface area contributed by atoms with Crippen molar-refractivity contribution < 1.29 is 4.79 Å². The third-order valence-corrected chi connectivity index (χ3v) is 2.54. The zero-order valence-corrected chi connectivity index (χ0v) is 8.50. The molecule has 1 aromatic heterocycles. The lowest BCUT2D eigenvalue weighted by molar-refractivity contribution is -0.128. The summed E-state index contributed by atoms with van der Waals surface area (Å²) in [5.74, 6) is 0.215. The Balaban J connectivity index is 2.07. The number of likely N-dealkylation sites (tertiary alicyclic amines) is 1. The molecular formula is C10H11ClN2O. The standard InChI is InChI=1S/C10H11ClN2O/c11-8-3-4-12-9(6-8)7-13-5-1-2-10(13)14/h3-4,6H,1-2,5,7H2. The third-order valence-electron chi connectivity index (χ3n) is 2.30. The maximum atomic E-state index is 11.3. The minimum absolute atomic E-state index is 0.215. The van der Waals surface area contributed by atoms with E-state index in [1.165, 1.54) is 0 Å². The molecule has 0 spiro atoms. The van der Waals surface area contributed by atoms with Crippen LogP contribution in [-0.4, -0.2) is 22.3 Å². The van der Waals surface area contributed by atoms with Gasteiger partial charge in [-0.25, -0.2) is 0 Å². The summed E-state index contributed by atoms with van der Waals surface area (Å²) in [7, 11) is 0. The van der Waals surface area contributed by atoms with Crippen molar-refractivity contribution in [3.63, 3.8) is 0 Å². The highest BCUT2D eigenvalue weighted by Gasteiger charge is 2.20. The van der Waals surface area contributed by atoms with E-state index in [0.29, 0.717) is 18.0 Å². The zero-order chi connectivity index (χ0) is 9.97. The van der Waals surface area contributed by atoms with Crippen molar-refractivity contribution in [3.05, 3.63) is 29.0 Å². The summed E-state index contributed by atoms with van der Waals surface area (Å²) in [5.41, 5.74) is 0.854. The molecule has 74 valence electrons. The predicted octanol–water partition coefficient (Wildman–Crippen LogP) is 1.86. The van der Waals surface area contributed by atoms with E-state index in [1.807, 2.05) is 4.90 Å². The predicted molar refractivity (Wildman–Crippen MR) is 53.9 cm³/mol. The summed E-state index contributed by atoms with van der Waals surface area (Å²) in [4.78, 5) is 17.3. The minimum atomic E-state index is 0.215. The Labute approximate surface area is 87.7 Å². The van der Waals surface area contributed by atoms with Gasteiger partial charge in [0.2, 0.25) is 5.91 Å². The Morgan fingerprint density at radius 3 is 3.07 bits per heavy atom. The van der Waals surface area contributed by atoms with Crippen molar-refractivity contribution in [2.75, 3.05) is 6.54 Å². The van der Waals surface area contributed by atoms with Gasteiger partial charge in [-0.05, 0) is 18.6 Å². The second-order valence-electron chi connectivity index (χ2n) is 3.38. The van der Waals surface area contributed by atoms with Crippen LogP contribution in [0.15, 0.2) is 18.3 Å². The number of rotatable bonds is 2. The first-order valence-corrected chi connectivity index (χ1v) is 5.02. The normalized spacial score (nSPS) is 16.4. The van der Waals surface area contributed by atoms with E-state index < -0.39 is 0 Å². The number of aromatic nitrogens is 1. The summed E-state index contributed by atoms with van der Waals surface area (Å²) in [5, 5.41) is 0.668. The molecule has 0 aliphatic carbocycles. The molecule has 2 rings (SSSR count). The van der Waals surface area contributed by atoms with Crippen LogP contribution in [0.2, 0.25) is 5.02 Å². The van der Waals surface area contributed by atoms with Gasteiger partial charge in [-0.3, -0.25) is 9.78 Å². The molecule has 1 amide bonds. The molecule has 1 aromatic rings. The molecule has 1 saturated heterocycles. The molecule has 0 radical (unpaired) electrons. The van der Waals surface area contributed by atoms with Crippen molar-refractivity contribution >= 4 is 17.5 Å². The first-order chi connectivity index (χ1) is 6.75. The number of amides is 1. The number of halogens is 1. The van der Waals surface area contributed by atoms with Gasteiger partial charge in [0.05, 0.1) is 12.2 Å². The lowest BCUT2D eigenvalue weighted by Crippen LogP contribution is -2.24. The number of hydrogen-bond donors (Lipinski definition) is 0. The Morgan fingerprint density at radius 2 is 2.43 bits per heavy atom. The van der Waals surface area contributed by atoms with Gasteiger partial charge >= 0.3 is 0 Å². The molecule has 14 heavy (non-hydrogen) atoms. The van der Waals surface area contributed by atoms with Gasteiger partial charge in [-0.15, -0.1) is 0 Å². The van der Waals surface area contributed by atoms with Crippen molar-refractivity contribution in [1.82, 2.24) is 9.88 Å². The van der Waals surface area contributed by atoms with Crippen LogP contribution in [-0.2, 0) is 11.3 Å². The number of pyridine rings is 1. The highest BCUT2D eigenvalue weighted by atomic mass is 35.5. The lowest BCUT2D eigenvalue weighted by atomic mass is 10.3. The topological polar surface area (TPSA) is 33.2 Å². The summed E-state index contributed by atoms with van der Waals surface area (Å²) in [6.45, 7) is 1.42. The zero-order valence-electron chi connectivity index (χ0n) is 7.74. The van der Waals surface area contributed by atoms with Gasteiger partial charge < -0.3 is 4.90 Å². The average Bonchev–Trinajstić information content (AvgIpc) is 2.52. The molecule has 1 aliphatic heterocycles. The first kappa shape index (κ1) is 9.46. The monoisotopic (exact) mass is 210 g/mol. The SMILES string of the molecule is O=C1CCCN1Cc1cc(Cl)ccn1. The minimum Gasteiger partial charge on any atom is -0.337 e. The summed E-state index contributed by atoms with van der Waals surface area (Å²) < 4.78 is 0. The van der Waals surface area contributed by atoms with Crippen LogP contribution in [0.3, 0.4) is 0 Å². The Morgan fingerprint density at radius 1 is 1.57 bits per heavy atom. The third kappa shape index (κ3) is 2.04. The molecule has 0 saturated carbocycles. The molecule has 2 heterocycles. The fraction of sp³-hybridized carbons (Fsp3) is 0.400. The van der Waals surface area contributed by atoms with Gasteiger partial charge in [-0.2, -0.15) is 0 Å². The molecule has 0 bridgehead atoms. The van der Waals surface area contributed by atoms with E-state index in [1.54, 1.807) is 18.3 Å². The molecule has 3 nitrogen and oxygen atoms in total. The lowest BCUT2D eigenvalue weighted by Gasteiger charge is -2.14. The van der Waals surface area contributed by atoms with Crippen LogP contribution in [0, 0.1) is 0 Å². The van der Waals surface area contributed by atoms with Crippen molar-refractivity contribution in [2.45, 2.75) is 19.4 Å². The molecule has 0 aromatic carbocycles. The first-order valence-electron chi connectivity index (χ1n) is 4.64. The smallest absolute Gasteiger partial charge is 0.222 e. The fourth-order valence-corrected chi connectivity index (χ4v) is 1.78. The van der Waals surface area contributed by atoms with E-state index >= 15 is 0 Å². The van der Waals surface area contributed by atoms with Gasteiger partial charge in [0.25, 0.3) is 0 Å². The van der Waals surface area contributed by atoms with Crippen LogP contribution >= 0.6 is 11.6 Å².